The Morgan fingerprint density at radius 1 is 1.25 bits per heavy atom. The molecule has 84 valence electrons. The van der Waals surface area contributed by atoms with Crippen molar-refractivity contribution in [2.24, 2.45) is 0 Å². The van der Waals surface area contributed by atoms with Crippen LogP contribution < -0.4 is 5.32 Å². The molecule has 0 saturated heterocycles. The molecule has 0 aliphatic heterocycles. The summed E-state index contributed by atoms with van der Waals surface area (Å²) in [4.78, 5) is 3.95. The van der Waals surface area contributed by atoms with E-state index in [4.69, 9.17) is 0 Å². The van der Waals surface area contributed by atoms with Crippen molar-refractivity contribution in [1.29, 1.82) is 0 Å². The predicted molar refractivity (Wildman–Crippen MR) is 63.9 cm³/mol. The monoisotopic (exact) mass is 281 g/mol. The molecule has 16 heavy (non-hydrogen) atoms. The highest BCUT2D eigenvalue weighted by atomic mass is 79.9. The highest BCUT2D eigenvalue weighted by Gasteiger charge is 1.97. The van der Waals surface area contributed by atoms with Crippen LogP contribution in [0.4, 0.5) is 0 Å². The molecule has 0 spiro atoms. The summed E-state index contributed by atoms with van der Waals surface area (Å²) in [5.41, 5.74) is 1.26. The van der Waals surface area contributed by atoms with Crippen LogP contribution in [0.25, 0.3) is 0 Å². The second kappa shape index (κ2) is 5.77. The van der Waals surface area contributed by atoms with Crippen LogP contribution in [-0.2, 0) is 13.0 Å². The molecule has 0 amide bonds. The van der Waals surface area contributed by atoms with Gasteiger partial charge in [-0.2, -0.15) is 4.98 Å². The number of nitrogens with one attached hydrogen (secondary N) is 1. The minimum atomic E-state index is 0.739. The van der Waals surface area contributed by atoms with Crippen LogP contribution >= 0.6 is 15.9 Å². The maximum absolute atomic E-state index is 4.65. The van der Waals surface area contributed by atoms with Gasteiger partial charge in [-0.1, -0.05) is 33.2 Å². The molecule has 2 rings (SSSR count). The van der Waals surface area contributed by atoms with Gasteiger partial charge in [-0.15, -0.1) is 0 Å². The lowest BCUT2D eigenvalue weighted by Crippen LogP contribution is -2.17. The van der Waals surface area contributed by atoms with Gasteiger partial charge in [0.25, 0.3) is 0 Å². The fourth-order valence-corrected chi connectivity index (χ4v) is 1.60. The van der Waals surface area contributed by atoms with E-state index in [2.05, 4.69) is 48.0 Å². The van der Waals surface area contributed by atoms with E-state index in [-0.39, 0.29) is 0 Å². The van der Waals surface area contributed by atoms with Crippen molar-refractivity contribution in [2.75, 3.05) is 6.54 Å². The van der Waals surface area contributed by atoms with Gasteiger partial charge in [0.15, 0.2) is 5.82 Å². The van der Waals surface area contributed by atoms with Gasteiger partial charge in [-0.25, -0.2) is 0 Å². The number of aromatic nitrogens is 2. The van der Waals surface area contributed by atoms with Gasteiger partial charge in [0.2, 0.25) is 6.39 Å². The lowest BCUT2D eigenvalue weighted by Gasteiger charge is -2.03. The molecule has 4 nitrogen and oxygen atoms in total. The fourth-order valence-electron chi connectivity index (χ4n) is 1.34. The maximum Gasteiger partial charge on any atom is 0.213 e. The van der Waals surface area contributed by atoms with Crippen LogP contribution in [0.5, 0.6) is 0 Å². The highest BCUT2D eigenvalue weighted by Crippen LogP contribution is 2.10. The Morgan fingerprint density at radius 3 is 2.75 bits per heavy atom. The quantitative estimate of drug-likeness (QED) is 0.854. The molecular weight excluding hydrogens is 270 g/mol. The number of hydrogen-bond donors (Lipinski definition) is 1. The highest BCUT2D eigenvalue weighted by molar-refractivity contribution is 9.10. The molecule has 0 atom stereocenters. The van der Waals surface area contributed by atoms with Crippen LogP contribution in [0.15, 0.2) is 39.7 Å². The van der Waals surface area contributed by atoms with Crippen LogP contribution in [-0.4, -0.2) is 16.7 Å². The van der Waals surface area contributed by atoms with E-state index in [9.17, 15) is 0 Å². The zero-order valence-corrected chi connectivity index (χ0v) is 10.3. The van der Waals surface area contributed by atoms with Gasteiger partial charge in [0.05, 0.1) is 0 Å². The Hall–Kier alpha value is -1.20. The van der Waals surface area contributed by atoms with E-state index in [0.29, 0.717) is 0 Å². The van der Waals surface area contributed by atoms with Gasteiger partial charge in [-0.05, 0) is 17.7 Å². The summed E-state index contributed by atoms with van der Waals surface area (Å²) in [6.07, 6.45) is 2.14. The molecule has 0 radical (unpaired) electrons. The number of halogens is 1. The maximum atomic E-state index is 4.65. The van der Waals surface area contributed by atoms with Gasteiger partial charge < -0.3 is 9.84 Å². The zero-order valence-electron chi connectivity index (χ0n) is 8.69. The molecule has 0 saturated carbocycles. The van der Waals surface area contributed by atoms with E-state index in [1.165, 1.54) is 12.0 Å². The number of rotatable bonds is 5. The minimum Gasteiger partial charge on any atom is -0.343 e. The Labute approximate surface area is 102 Å². The lowest BCUT2D eigenvalue weighted by atomic mass is 10.2. The summed E-state index contributed by atoms with van der Waals surface area (Å²) in [6.45, 7) is 1.70. The molecule has 0 aliphatic carbocycles. The number of benzene rings is 1. The van der Waals surface area contributed by atoms with Crippen LogP contribution in [0.1, 0.15) is 11.4 Å². The summed E-state index contributed by atoms with van der Waals surface area (Å²) in [5.74, 6) is 0.739. The topological polar surface area (TPSA) is 51.0 Å². The first-order valence-electron chi connectivity index (χ1n) is 5.05. The van der Waals surface area contributed by atoms with Gasteiger partial charge in [0, 0.05) is 24.0 Å². The third kappa shape index (κ3) is 3.43. The van der Waals surface area contributed by atoms with Crippen molar-refractivity contribution < 1.29 is 4.52 Å². The number of hydrogen-bond acceptors (Lipinski definition) is 4. The Balaban J connectivity index is 1.70. The van der Waals surface area contributed by atoms with E-state index in [0.717, 1.165) is 29.8 Å². The normalized spacial score (nSPS) is 10.6. The summed E-state index contributed by atoms with van der Waals surface area (Å²) in [7, 11) is 0. The van der Waals surface area contributed by atoms with Crippen molar-refractivity contribution in [3.8, 4) is 0 Å². The SMILES string of the molecule is Brc1ccc(CNCCc2ncon2)cc1. The van der Waals surface area contributed by atoms with Crippen molar-refractivity contribution in [2.45, 2.75) is 13.0 Å². The van der Waals surface area contributed by atoms with Crippen molar-refractivity contribution in [1.82, 2.24) is 15.5 Å². The summed E-state index contributed by atoms with van der Waals surface area (Å²) >= 11 is 3.41. The largest absolute Gasteiger partial charge is 0.343 e. The average molecular weight is 282 g/mol. The first-order chi connectivity index (χ1) is 7.84. The van der Waals surface area contributed by atoms with Crippen LogP contribution in [0.2, 0.25) is 0 Å². The molecule has 1 aromatic carbocycles. The molecule has 0 bridgehead atoms. The second-order valence-corrected chi connectivity index (χ2v) is 4.32. The average Bonchev–Trinajstić information content (AvgIpc) is 2.80. The summed E-state index contributed by atoms with van der Waals surface area (Å²) in [6, 6.07) is 8.25. The Morgan fingerprint density at radius 2 is 2.06 bits per heavy atom. The molecule has 2 aromatic rings. The minimum absolute atomic E-state index is 0.739. The summed E-state index contributed by atoms with van der Waals surface area (Å²) < 4.78 is 5.75. The second-order valence-electron chi connectivity index (χ2n) is 3.40. The molecular formula is C11H12BrN3O. The molecule has 1 N–H and O–H groups in total. The van der Waals surface area contributed by atoms with Crippen LogP contribution in [0.3, 0.4) is 0 Å². The van der Waals surface area contributed by atoms with Crippen molar-refractivity contribution >= 4 is 15.9 Å². The first-order valence-corrected chi connectivity index (χ1v) is 5.84. The molecule has 5 heteroatoms. The lowest BCUT2D eigenvalue weighted by molar-refractivity contribution is 0.409. The molecule has 0 fully saturated rings. The van der Waals surface area contributed by atoms with Crippen molar-refractivity contribution in [3.05, 3.63) is 46.5 Å². The van der Waals surface area contributed by atoms with Crippen molar-refractivity contribution in [3.63, 3.8) is 0 Å². The molecule has 0 aliphatic rings. The molecule has 1 aromatic heterocycles. The Bertz CT molecular complexity index is 413. The van der Waals surface area contributed by atoms with E-state index < -0.39 is 0 Å². The van der Waals surface area contributed by atoms with E-state index in [1.807, 2.05) is 12.1 Å². The third-order valence-electron chi connectivity index (χ3n) is 2.17. The Kier molecular flexibility index (Phi) is 4.07. The van der Waals surface area contributed by atoms with E-state index in [1.54, 1.807) is 0 Å². The number of nitrogens with zero attached hydrogens (tertiary/aromatic N) is 2. The summed E-state index contributed by atoms with van der Waals surface area (Å²) in [5, 5.41) is 7.06. The first kappa shape index (κ1) is 11.3. The smallest absolute Gasteiger partial charge is 0.213 e. The van der Waals surface area contributed by atoms with Gasteiger partial charge in [-0.3, -0.25) is 0 Å². The van der Waals surface area contributed by atoms with Gasteiger partial charge >= 0.3 is 0 Å². The van der Waals surface area contributed by atoms with Crippen LogP contribution in [0, 0.1) is 0 Å². The third-order valence-corrected chi connectivity index (χ3v) is 2.70. The zero-order chi connectivity index (χ0) is 11.2. The predicted octanol–water partition coefficient (Wildman–Crippen LogP) is 2.16. The molecule has 0 unspecified atom stereocenters. The molecule has 1 heterocycles. The van der Waals surface area contributed by atoms with E-state index >= 15 is 0 Å². The fraction of sp³-hybridized carbons (Fsp3) is 0.273. The van der Waals surface area contributed by atoms with Gasteiger partial charge in [0.1, 0.15) is 0 Å². The standard InChI is InChI=1S/C11H12BrN3O/c12-10-3-1-9(2-4-10)7-13-6-5-11-14-8-16-15-11/h1-4,8,13H,5-7H2.